The molecule has 0 spiro atoms. The second-order valence-corrected chi connectivity index (χ2v) is 13.3. The molecule has 51 heavy (non-hydrogen) atoms. The van der Waals surface area contributed by atoms with E-state index in [9.17, 15) is 0 Å². The topological polar surface area (TPSA) is 23.0 Å². The Kier molecular flexibility index (Phi) is 5.96. The van der Waals surface area contributed by atoms with E-state index in [1.165, 1.54) is 54.7 Å². The molecule has 3 aromatic heterocycles. The SMILES string of the molecule is c1ccc(-c2cccc(-n3c4ccccc4c4cc(-n5c6ccccc6c6cc(-c7cccc8c7oc7ccccc78)ccc65)ccc43)c2)cc1. The van der Waals surface area contributed by atoms with Crippen LogP contribution in [0.3, 0.4) is 0 Å². The third-order valence-electron chi connectivity index (χ3n) is 10.5. The van der Waals surface area contributed by atoms with Crippen molar-refractivity contribution in [2.45, 2.75) is 0 Å². The predicted molar refractivity (Wildman–Crippen MR) is 213 cm³/mol. The Morgan fingerprint density at radius 1 is 0.314 bits per heavy atom. The Balaban J connectivity index is 1.11. The molecule has 0 unspecified atom stereocenters. The maximum Gasteiger partial charge on any atom is 0.143 e. The zero-order valence-electron chi connectivity index (χ0n) is 27.6. The summed E-state index contributed by atoms with van der Waals surface area (Å²) in [5.74, 6) is 0. The van der Waals surface area contributed by atoms with Crippen LogP contribution in [0, 0.1) is 0 Å². The molecule has 0 saturated heterocycles. The van der Waals surface area contributed by atoms with Gasteiger partial charge < -0.3 is 13.6 Å². The van der Waals surface area contributed by atoms with Crippen molar-refractivity contribution < 1.29 is 4.42 Å². The number of hydrogen-bond acceptors (Lipinski definition) is 1. The van der Waals surface area contributed by atoms with Crippen LogP contribution < -0.4 is 0 Å². The number of fused-ring (bicyclic) bond motifs is 9. The Morgan fingerprint density at radius 2 is 0.882 bits per heavy atom. The summed E-state index contributed by atoms with van der Waals surface area (Å²) < 4.78 is 11.3. The van der Waals surface area contributed by atoms with Crippen molar-refractivity contribution in [2.24, 2.45) is 0 Å². The maximum atomic E-state index is 6.44. The van der Waals surface area contributed by atoms with E-state index in [0.717, 1.165) is 44.4 Å². The Labute approximate surface area is 293 Å². The Bertz CT molecular complexity index is 3140. The van der Waals surface area contributed by atoms with Gasteiger partial charge in [0.1, 0.15) is 11.2 Å². The average Bonchev–Trinajstić information content (AvgIpc) is 3.85. The van der Waals surface area contributed by atoms with E-state index in [-0.39, 0.29) is 0 Å². The first-order chi connectivity index (χ1) is 25.3. The van der Waals surface area contributed by atoms with Crippen LogP contribution in [0.1, 0.15) is 0 Å². The standard InChI is InChI=1S/C48H30N2O/c1-2-12-31(13-3-1)32-14-10-15-34(28-32)49-44-22-8-5-17-38(44)42-30-35(25-27-46(42)49)50-43-21-7-4-16-37(43)41-29-33(24-26-45(41)50)36-19-11-20-40-39-18-6-9-23-47(39)51-48(36)40/h1-30H. The Hall–Kier alpha value is -6.84. The lowest BCUT2D eigenvalue weighted by Gasteiger charge is -2.12. The van der Waals surface area contributed by atoms with Crippen LogP contribution in [0.15, 0.2) is 186 Å². The molecule has 238 valence electrons. The van der Waals surface area contributed by atoms with Crippen LogP contribution in [0.25, 0.3) is 99.2 Å². The summed E-state index contributed by atoms with van der Waals surface area (Å²) in [4.78, 5) is 0. The smallest absolute Gasteiger partial charge is 0.143 e. The van der Waals surface area contributed by atoms with Gasteiger partial charge in [-0.1, -0.05) is 121 Å². The van der Waals surface area contributed by atoms with Crippen molar-refractivity contribution in [1.29, 1.82) is 0 Å². The minimum atomic E-state index is 0.915. The molecule has 8 aromatic carbocycles. The van der Waals surface area contributed by atoms with E-state index in [2.05, 4.69) is 179 Å². The lowest BCUT2D eigenvalue weighted by atomic mass is 10.0. The van der Waals surface area contributed by atoms with Crippen LogP contribution in [-0.2, 0) is 0 Å². The molecule has 0 saturated carbocycles. The van der Waals surface area contributed by atoms with Gasteiger partial charge in [0.05, 0.1) is 22.1 Å². The molecule has 0 aliphatic rings. The summed E-state index contributed by atoms with van der Waals surface area (Å²) in [6.07, 6.45) is 0. The summed E-state index contributed by atoms with van der Waals surface area (Å²) >= 11 is 0. The molecule has 11 rings (SSSR count). The number of benzene rings is 8. The van der Waals surface area contributed by atoms with Gasteiger partial charge in [-0.2, -0.15) is 0 Å². The van der Waals surface area contributed by atoms with Crippen molar-refractivity contribution in [3.63, 3.8) is 0 Å². The molecule has 3 nitrogen and oxygen atoms in total. The molecule has 0 aliphatic heterocycles. The van der Waals surface area contributed by atoms with Crippen molar-refractivity contribution in [2.75, 3.05) is 0 Å². The average molecular weight is 651 g/mol. The van der Waals surface area contributed by atoms with Crippen molar-refractivity contribution in [3.8, 4) is 33.6 Å². The van der Waals surface area contributed by atoms with Gasteiger partial charge in [-0.3, -0.25) is 0 Å². The fourth-order valence-corrected chi connectivity index (χ4v) is 8.23. The number of rotatable bonds is 4. The summed E-state index contributed by atoms with van der Waals surface area (Å²) in [6, 6.07) is 65.5. The summed E-state index contributed by atoms with van der Waals surface area (Å²) in [5, 5.41) is 7.20. The van der Waals surface area contributed by atoms with Crippen LogP contribution in [-0.4, -0.2) is 9.13 Å². The molecule has 11 aromatic rings. The molecule has 3 heteroatoms. The van der Waals surface area contributed by atoms with E-state index in [0.29, 0.717) is 0 Å². The van der Waals surface area contributed by atoms with Crippen molar-refractivity contribution in [3.05, 3.63) is 182 Å². The number of hydrogen-bond donors (Lipinski definition) is 0. The van der Waals surface area contributed by atoms with E-state index < -0.39 is 0 Å². The van der Waals surface area contributed by atoms with Crippen LogP contribution in [0.5, 0.6) is 0 Å². The third kappa shape index (κ3) is 4.19. The molecule has 0 radical (unpaired) electrons. The highest BCUT2D eigenvalue weighted by Crippen LogP contribution is 2.41. The van der Waals surface area contributed by atoms with Crippen LogP contribution in [0.4, 0.5) is 0 Å². The van der Waals surface area contributed by atoms with Gasteiger partial charge in [0.25, 0.3) is 0 Å². The third-order valence-corrected chi connectivity index (χ3v) is 10.5. The second kappa shape index (κ2) is 10.8. The summed E-state index contributed by atoms with van der Waals surface area (Å²) in [5.41, 5.74) is 13.5. The first kappa shape index (κ1) is 28.0. The largest absolute Gasteiger partial charge is 0.455 e. The number of aromatic nitrogens is 2. The van der Waals surface area contributed by atoms with Crippen LogP contribution in [0.2, 0.25) is 0 Å². The zero-order chi connectivity index (χ0) is 33.5. The first-order valence-electron chi connectivity index (χ1n) is 17.4. The fourth-order valence-electron chi connectivity index (χ4n) is 8.23. The highest BCUT2D eigenvalue weighted by Gasteiger charge is 2.18. The quantitative estimate of drug-likeness (QED) is 0.186. The first-order valence-corrected chi connectivity index (χ1v) is 17.4. The number of nitrogens with zero attached hydrogens (tertiary/aromatic N) is 2. The molecule has 0 atom stereocenters. The van der Waals surface area contributed by atoms with E-state index in [1.807, 2.05) is 12.1 Å². The monoisotopic (exact) mass is 650 g/mol. The number of furan rings is 1. The minimum Gasteiger partial charge on any atom is -0.455 e. The van der Waals surface area contributed by atoms with Gasteiger partial charge in [0, 0.05) is 49.3 Å². The van der Waals surface area contributed by atoms with Crippen molar-refractivity contribution >= 4 is 65.6 Å². The second-order valence-electron chi connectivity index (χ2n) is 13.3. The van der Waals surface area contributed by atoms with Gasteiger partial charge in [0.2, 0.25) is 0 Å². The van der Waals surface area contributed by atoms with E-state index >= 15 is 0 Å². The van der Waals surface area contributed by atoms with Crippen molar-refractivity contribution in [1.82, 2.24) is 9.13 Å². The van der Waals surface area contributed by atoms with Gasteiger partial charge in [-0.25, -0.2) is 0 Å². The summed E-state index contributed by atoms with van der Waals surface area (Å²) in [7, 11) is 0. The molecule has 0 aliphatic carbocycles. The lowest BCUT2D eigenvalue weighted by molar-refractivity contribution is 0.670. The Morgan fingerprint density at radius 3 is 1.67 bits per heavy atom. The molecule has 0 N–H and O–H groups in total. The fraction of sp³-hybridized carbons (Fsp3) is 0. The molecular weight excluding hydrogens is 621 g/mol. The van der Waals surface area contributed by atoms with Gasteiger partial charge in [0.15, 0.2) is 0 Å². The normalized spacial score (nSPS) is 11.9. The summed E-state index contributed by atoms with van der Waals surface area (Å²) in [6.45, 7) is 0. The zero-order valence-corrected chi connectivity index (χ0v) is 27.6. The van der Waals surface area contributed by atoms with E-state index in [4.69, 9.17) is 4.42 Å². The van der Waals surface area contributed by atoms with Crippen LogP contribution >= 0.6 is 0 Å². The van der Waals surface area contributed by atoms with Gasteiger partial charge in [-0.15, -0.1) is 0 Å². The molecule has 3 heterocycles. The number of para-hydroxylation sites is 4. The van der Waals surface area contributed by atoms with Gasteiger partial charge >= 0.3 is 0 Å². The van der Waals surface area contributed by atoms with E-state index in [1.54, 1.807) is 0 Å². The molecule has 0 bridgehead atoms. The highest BCUT2D eigenvalue weighted by molar-refractivity contribution is 6.14. The molecular formula is C48H30N2O. The predicted octanol–water partition coefficient (Wildman–Crippen LogP) is 13.1. The highest BCUT2D eigenvalue weighted by atomic mass is 16.3. The maximum absolute atomic E-state index is 6.44. The van der Waals surface area contributed by atoms with Gasteiger partial charge in [-0.05, 0) is 77.4 Å². The lowest BCUT2D eigenvalue weighted by Crippen LogP contribution is -1.96. The molecule has 0 amide bonds. The molecule has 0 fully saturated rings. The minimum absolute atomic E-state index is 0.915.